The lowest BCUT2D eigenvalue weighted by Crippen LogP contribution is -2.30. The molecule has 0 radical (unpaired) electrons. The molecule has 0 spiro atoms. The SMILES string of the molecule is CC(C)CNCCCCN(C)CC1CCC1. The van der Waals surface area contributed by atoms with Crippen molar-refractivity contribution in [3.63, 3.8) is 0 Å². The average molecular weight is 226 g/mol. The Morgan fingerprint density at radius 3 is 2.56 bits per heavy atom. The van der Waals surface area contributed by atoms with Crippen LogP contribution in [0.5, 0.6) is 0 Å². The van der Waals surface area contributed by atoms with Crippen LogP contribution in [-0.4, -0.2) is 38.1 Å². The van der Waals surface area contributed by atoms with Crippen LogP contribution in [0.25, 0.3) is 0 Å². The topological polar surface area (TPSA) is 15.3 Å². The van der Waals surface area contributed by atoms with Crippen molar-refractivity contribution in [3.8, 4) is 0 Å². The van der Waals surface area contributed by atoms with Gasteiger partial charge in [0.1, 0.15) is 0 Å². The van der Waals surface area contributed by atoms with Crippen molar-refractivity contribution in [2.24, 2.45) is 11.8 Å². The molecular formula is C14H30N2. The van der Waals surface area contributed by atoms with E-state index in [1.807, 2.05) is 0 Å². The Labute approximate surface area is 102 Å². The van der Waals surface area contributed by atoms with E-state index in [-0.39, 0.29) is 0 Å². The molecule has 1 saturated carbocycles. The smallest absolute Gasteiger partial charge is 0.000661 e. The molecule has 0 amide bonds. The normalized spacial score (nSPS) is 17.1. The highest BCUT2D eigenvalue weighted by Crippen LogP contribution is 2.26. The largest absolute Gasteiger partial charge is 0.316 e. The minimum atomic E-state index is 0.779. The van der Waals surface area contributed by atoms with Gasteiger partial charge in [-0.3, -0.25) is 0 Å². The standard InChI is InChI=1S/C14H30N2/c1-13(2)11-15-9-4-5-10-16(3)12-14-7-6-8-14/h13-15H,4-12H2,1-3H3. The van der Waals surface area contributed by atoms with Crippen molar-refractivity contribution in [1.82, 2.24) is 10.2 Å². The summed E-state index contributed by atoms with van der Waals surface area (Å²) in [7, 11) is 2.28. The number of hydrogen-bond donors (Lipinski definition) is 1. The summed E-state index contributed by atoms with van der Waals surface area (Å²) in [6.45, 7) is 9.49. The molecule has 0 aliphatic heterocycles. The molecule has 0 aromatic rings. The zero-order chi connectivity index (χ0) is 11.8. The molecule has 1 N–H and O–H groups in total. The number of rotatable bonds is 9. The quantitative estimate of drug-likeness (QED) is 0.608. The van der Waals surface area contributed by atoms with E-state index in [9.17, 15) is 0 Å². The molecule has 2 nitrogen and oxygen atoms in total. The molecule has 0 saturated heterocycles. The number of nitrogens with one attached hydrogen (secondary N) is 1. The Morgan fingerprint density at radius 2 is 2.00 bits per heavy atom. The minimum Gasteiger partial charge on any atom is -0.316 e. The molecule has 1 aliphatic carbocycles. The molecule has 0 aromatic heterocycles. The van der Waals surface area contributed by atoms with Crippen LogP contribution in [0.1, 0.15) is 46.0 Å². The third-order valence-electron chi connectivity index (χ3n) is 3.49. The summed E-state index contributed by atoms with van der Waals surface area (Å²) < 4.78 is 0. The first-order valence-electron chi connectivity index (χ1n) is 7.07. The van der Waals surface area contributed by atoms with E-state index in [0.29, 0.717) is 0 Å². The third-order valence-corrected chi connectivity index (χ3v) is 3.49. The highest BCUT2D eigenvalue weighted by molar-refractivity contribution is 4.72. The first-order chi connectivity index (χ1) is 7.68. The predicted molar refractivity (Wildman–Crippen MR) is 71.8 cm³/mol. The van der Waals surface area contributed by atoms with Gasteiger partial charge >= 0.3 is 0 Å². The van der Waals surface area contributed by atoms with Crippen LogP contribution in [0.2, 0.25) is 0 Å². The molecule has 2 heteroatoms. The van der Waals surface area contributed by atoms with Crippen LogP contribution in [0.4, 0.5) is 0 Å². The number of unbranched alkanes of at least 4 members (excludes halogenated alkanes) is 1. The maximum absolute atomic E-state index is 3.50. The Balaban J connectivity index is 1.82. The molecule has 0 aromatic carbocycles. The summed E-state index contributed by atoms with van der Waals surface area (Å²) in [5.41, 5.74) is 0. The van der Waals surface area contributed by atoms with E-state index in [0.717, 1.165) is 18.4 Å². The van der Waals surface area contributed by atoms with Gasteiger partial charge in [-0.05, 0) is 64.2 Å². The van der Waals surface area contributed by atoms with Crippen LogP contribution in [-0.2, 0) is 0 Å². The average Bonchev–Trinajstić information content (AvgIpc) is 2.17. The highest BCUT2D eigenvalue weighted by atomic mass is 15.1. The molecule has 1 fully saturated rings. The van der Waals surface area contributed by atoms with E-state index in [1.165, 1.54) is 51.7 Å². The van der Waals surface area contributed by atoms with Crippen molar-refractivity contribution in [2.45, 2.75) is 46.0 Å². The zero-order valence-electron chi connectivity index (χ0n) is 11.5. The minimum absolute atomic E-state index is 0.779. The molecule has 96 valence electrons. The lowest BCUT2D eigenvalue weighted by atomic mass is 9.85. The summed E-state index contributed by atoms with van der Waals surface area (Å²) in [5, 5.41) is 3.50. The van der Waals surface area contributed by atoms with Crippen LogP contribution < -0.4 is 5.32 Å². The third kappa shape index (κ3) is 6.49. The van der Waals surface area contributed by atoms with Gasteiger partial charge in [0, 0.05) is 6.54 Å². The summed E-state index contributed by atoms with van der Waals surface area (Å²) in [6.07, 6.45) is 7.08. The second kappa shape index (κ2) is 8.08. The molecule has 1 rings (SSSR count). The molecular weight excluding hydrogens is 196 g/mol. The van der Waals surface area contributed by atoms with Crippen molar-refractivity contribution in [1.29, 1.82) is 0 Å². The van der Waals surface area contributed by atoms with Crippen molar-refractivity contribution in [2.75, 3.05) is 33.2 Å². The molecule has 1 aliphatic rings. The highest BCUT2D eigenvalue weighted by Gasteiger charge is 2.18. The first kappa shape index (κ1) is 14.0. The van der Waals surface area contributed by atoms with Crippen LogP contribution in [0, 0.1) is 11.8 Å². The Kier molecular flexibility index (Phi) is 7.06. The van der Waals surface area contributed by atoms with Gasteiger partial charge in [-0.15, -0.1) is 0 Å². The predicted octanol–water partition coefficient (Wildman–Crippen LogP) is 2.74. The van der Waals surface area contributed by atoms with Gasteiger partial charge in [-0.25, -0.2) is 0 Å². The Hall–Kier alpha value is -0.0800. The summed E-state index contributed by atoms with van der Waals surface area (Å²) in [4.78, 5) is 2.52. The molecule has 0 unspecified atom stereocenters. The van der Waals surface area contributed by atoms with E-state index in [4.69, 9.17) is 0 Å². The fraction of sp³-hybridized carbons (Fsp3) is 1.00. The first-order valence-corrected chi connectivity index (χ1v) is 7.07. The van der Waals surface area contributed by atoms with E-state index >= 15 is 0 Å². The zero-order valence-corrected chi connectivity index (χ0v) is 11.5. The second-order valence-corrected chi connectivity index (χ2v) is 5.86. The van der Waals surface area contributed by atoms with Crippen molar-refractivity contribution >= 4 is 0 Å². The number of hydrogen-bond acceptors (Lipinski definition) is 2. The molecule has 0 atom stereocenters. The van der Waals surface area contributed by atoms with Gasteiger partial charge in [0.15, 0.2) is 0 Å². The summed E-state index contributed by atoms with van der Waals surface area (Å²) in [5.74, 6) is 1.80. The molecule has 0 bridgehead atoms. The number of nitrogens with zero attached hydrogens (tertiary/aromatic N) is 1. The van der Waals surface area contributed by atoms with Gasteiger partial charge in [0.2, 0.25) is 0 Å². The Morgan fingerprint density at radius 1 is 1.25 bits per heavy atom. The fourth-order valence-corrected chi connectivity index (χ4v) is 2.23. The maximum atomic E-state index is 3.50. The van der Waals surface area contributed by atoms with Crippen molar-refractivity contribution < 1.29 is 0 Å². The van der Waals surface area contributed by atoms with Crippen LogP contribution >= 0.6 is 0 Å². The van der Waals surface area contributed by atoms with Gasteiger partial charge in [-0.2, -0.15) is 0 Å². The summed E-state index contributed by atoms with van der Waals surface area (Å²) in [6, 6.07) is 0. The van der Waals surface area contributed by atoms with Gasteiger partial charge < -0.3 is 10.2 Å². The maximum Gasteiger partial charge on any atom is 0.000661 e. The van der Waals surface area contributed by atoms with Gasteiger partial charge in [-0.1, -0.05) is 20.3 Å². The lowest BCUT2D eigenvalue weighted by molar-refractivity contribution is 0.203. The van der Waals surface area contributed by atoms with Gasteiger partial charge in [0.25, 0.3) is 0 Å². The molecule has 0 heterocycles. The van der Waals surface area contributed by atoms with E-state index < -0.39 is 0 Å². The van der Waals surface area contributed by atoms with Crippen LogP contribution in [0.3, 0.4) is 0 Å². The Bertz CT molecular complexity index is 164. The molecule has 16 heavy (non-hydrogen) atoms. The van der Waals surface area contributed by atoms with E-state index in [2.05, 4.69) is 31.1 Å². The van der Waals surface area contributed by atoms with E-state index in [1.54, 1.807) is 0 Å². The lowest BCUT2D eigenvalue weighted by Gasteiger charge is -2.30. The van der Waals surface area contributed by atoms with Gasteiger partial charge in [0.05, 0.1) is 0 Å². The van der Waals surface area contributed by atoms with Crippen molar-refractivity contribution in [3.05, 3.63) is 0 Å². The van der Waals surface area contributed by atoms with Crippen LogP contribution in [0.15, 0.2) is 0 Å². The monoisotopic (exact) mass is 226 g/mol. The fourth-order valence-electron chi connectivity index (χ4n) is 2.23. The second-order valence-electron chi connectivity index (χ2n) is 5.86. The summed E-state index contributed by atoms with van der Waals surface area (Å²) >= 11 is 0.